The fraction of sp³-hybridized carbons (Fsp3) is 0.500. The minimum absolute atomic E-state index is 0.216. The molecule has 0 spiro atoms. The summed E-state index contributed by atoms with van der Waals surface area (Å²) in [6, 6.07) is 2.54. The second-order valence-corrected chi connectivity index (χ2v) is 6.44. The molecule has 0 aromatic heterocycles. The second-order valence-electron chi connectivity index (χ2n) is 4.70. The van der Waals surface area contributed by atoms with Crippen molar-refractivity contribution >= 4 is 15.7 Å². The number of halogens is 1. The van der Waals surface area contributed by atoms with Gasteiger partial charge in [0.05, 0.1) is 0 Å². The van der Waals surface area contributed by atoms with E-state index in [0.29, 0.717) is 6.42 Å². The first-order valence-corrected chi connectivity index (χ1v) is 7.42. The number of benzene rings is 1. The van der Waals surface area contributed by atoms with Gasteiger partial charge in [0.25, 0.3) is 0 Å². The van der Waals surface area contributed by atoms with Gasteiger partial charge in [-0.05, 0) is 51.7 Å². The molecule has 0 aliphatic rings. The Morgan fingerprint density at radius 2 is 2.00 bits per heavy atom. The molecule has 0 heterocycles. The normalized spacial score (nSPS) is 12.1. The lowest BCUT2D eigenvalue weighted by Crippen LogP contribution is -2.28. The van der Waals surface area contributed by atoms with E-state index in [1.807, 2.05) is 19.0 Å². The third-order valence-corrected chi connectivity index (χ3v) is 4.07. The molecule has 0 fully saturated rings. The zero-order valence-electron chi connectivity index (χ0n) is 11.4. The van der Waals surface area contributed by atoms with Crippen LogP contribution in [0, 0.1) is 12.7 Å². The van der Waals surface area contributed by atoms with Crippen LogP contribution in [0.4, 0.5) is 10.1 Å². The SMILES string of the molecule is Cc1cc(N)cc(S(=O)(=O)NCCCN(C)C)c1F. The molecule has 0 atom stereocenters. The summed E-state index contributed by atoms with van der Waals surface area (Å²) >= 11 is 0. The molecule has 3 N–H and O–H groups in total. The first kappa shape index (κ1) is 15.9. The maximum absolute atomic E-state index is 13.8. The van der Waals surface area contributed by atoms with E-state index < -0.39 is 20.7 Å². The number of anilines is 1. The molecule has 0 unspecified atom stereocenters. The number of hydrogen-bond acceptors (Lipinski definition) is 4. The molecule has 0 bridgehead atoms. The van der Waals surface area contributed by atoms with Crippen molar-refractivity contribution in [3.63, 3.8) is 0 Å². The summed E-state index contributed by atoms with van der Waals surface area (Å²) in [5.74, 6) is -0.755. The molecule has 1 aromatic carbocycles. The van der Waals surface area contributed by atoms with Crippen molar-refractivity contribution in [2.24, 2.45) is 0 Å². The van der Waals surface area contributed by atoms with Gasteiger partial charge >= 0.3 is 0 Å². The number of nitrogens with zero attached hydrogens (tertiary/aromatic N) is 1. The summed E-state index contributed by atoms with van der Waals surface area (Å²) in [5, 5.41) is 0. The summed E-state index contributed by atoms with van der Waals surface area (Å²) in [6.45, 7) is 2.49. The highest BCUT2D eigenvalue weighted by Crippen LogP contribution is 2.21. The topological polar surface area (TPSA) is 75.4 Å². The molecule has 0 radical (unpaired) electrons. The van der Waals surface area contributed by atoms with Crippen molar-refractivity contribution in [3.05, 3.63) is 23.5 Å². The van der Waals surface area contributed by atoms with Gasteiger partial charge in [0.2, 0.25) is 10.0 Å². The largest absolute Gasteiger partial charge is 0.399 e. The van der Waals surface area contributed by atoms with Gasteiger partial charge in [-0.3, -0.25) is 0 Å². The number of nitrogens with one attached hydrogen (secondary N) is 1. The highest BCUT2D eigenvalue weighted by Gasteiger charge is 2.20. The Balaban J connectivity index is 2.83. The number of nitrogen functional groups attached to an aromatic ring is 1. The Morgan fingerprint density at radius 1 is 1.37 bits per heavy atom. The lowest BCUT2D eigenvalue weighted by atomic mass is 10.2. The van der Waals surface area contributed by atoms with Crippen LogP contribution in [0.15, 0.2) is 17.0 Å². The Kier molecular flexibility index (Phi) is 5.28. The highest BCUT2D eigenvalue weighted by molar-refractivity contribution is 7.89. The average Bonchev–Trinajstić information content (AvgIpc) is 2.29. The Bertz CT molecular complexity index is 544. The summed E-state index contributed by atoms with van der Waals surface area (Å²) < 4.78 is 40.2. The van der Waals surface area contributed by atoms with E-state index in [1.165, 1.54) is 13.0 Å². The minimum atomic E-state index is -3.86. The molecule has 5 nitrogen and oxygen atoms in total. The van der Waals surface area contributed by atoms with Gasteiger partial charge in [-0.1, -0.05) is 0 Å². The van der Waals surface area contributed by atoms with Crippen molar-refractivity contribution in [1.82, 2.24) is 9.62 Å². The molecular weight excluding hydrogens is 269 g/mol. The monoisotopic (exact) mass is 289 g/mol. The zero-order valence-corrected chi connectivity index (χ0v) is 12.2. The van der Waals surface area contributed by atoms with E-state index in [2.05, 4.69) is 4.72 Å². The van der Waals surface area contributed by atoms with E-state index >= 15 is 0 Å². The van der Waals surface area contributed by atoms with Crippen LogP contribution in [0.5, 0.6) is 0 Å². The molecule has 19 heavy (non-hydrogen) atoms. The molecule has 0 saturated carbocycles. The molecule has 0 amide bonds. The Hall–Kier alpha value is -1.18. The molecule has 1 rings (SSSR count). The molecule has 0 saturated heterocycles. The van der Waals surface area contributed by atoms with Crippen molar-refractivity contribution in [3.8, 4) is 0 Å². The van der Waals surface area contributed by atoms with Crippen molar-refractivity contribution in [2.75, 3.05) is 32.9 Å². The number of sulfonamides is 1. The minimum Gasteiger partial charge on any atom is -0.399 e. The van der Waals surface area contributed by atoms with Crippen molar-refractivity contribution in [2.45, 2.75) is 18.2 Å². The van der Waals surface area contributed by atoms with Gasteiger partial charge in [0, 0.05) is 12.2 Å². The Labute approximate surface area is 113 Å². The summed E-state index contributed by atoms with van der Waals surface area (Å²) in [6.07, 6.45) is 0.648. The lowest BCUT2D eigenvalue weighted by Gasteiger charge is -2.12. The van der Waals surface area contributed by atoms with Crippen molar-refractivity contribution < 1.29 is 12.8 Å². The fourth-order valence-electron chi connectivity index (χ4n) is 1.64. The van der Waals surface area contributed by atoms with Gasteiger partial charge in [0.1, 0.15) is 10.7 Å². The summed E-state index contributed by atoms with van der Waals surface area (Å²) in [4.78, 5) is 1.55. The van der Waals surface area contributed by atoms with Crippen LogP contribution in [0.1, 0.15) is 12.0 Å². The molecule has 1 aromatic rings. The van der Waals surface area contributed by atoms with Crippen LogP contribution in [0.3, 0.4) is 0 Å². The van der Waals surface area contributed by atoms with Gasteiger partial charge < -0.3 is 10.6 Å². The predicted octanol–water partition coefficient (Wildman–Crippen LogP) is 0.946. The van der Waals surface area contributed by atoms with E-state index in [0.717, 1.165) is 12.6 Å². The van der Waals surface area contributed by atoms with Crippen LogP contribution in [0.2, 0.25) is 0 Å². The van der Waals surface area contributed by atoms with Crippen LogP contribution < -0.4 is 10.5 Å². The first-order chi connectivity index (χ1) is 8.74. The molecule has 7 heteroatoms. The Morgan fingerprint density at radius 3 is 2.58 bits per heavy atom. The number of nitrogens with two attached hydrogens (primary N) is 1. The van der Waals surface area contributed by atoms with E-state index in [4.69, 9.17) is 5.73 Å². The first-order valence-electron chi connectivity index (χ1n) is 5.94. The van der Waals surface area contributed by atoms with E-state index in [1.54, 1.807) is 0 Å². The van der Waals surface area contributed by atoms with Crippen LogP contribution in [-0.4, -0.2) is 40.5 Å². The number of aryl methyl sites for hydroxylation is 1. The quantitative estimate of drug-likeness (QED) is 0.604. The van der Waals surface area contributed by atoms with Gasteiger partial charge in [-0.15, -0.1) is 0 Å². The smallest absolute Gasteiger partial charge is 0.243 e. The van der Waals surface area contributed by atoms with Crippen LogP contribution in [-0.2, 0) is 10.0 Å². The number of rotatable bonds is 6. The maximum Gasteiger partial charge on any atom is 0.243 e. The third-order valence-electron chi connectivity index (χ3n) is 2.61. The highest BCUT2D eigenvalue weighted by atomic mass is 32.2. The number of hydrogen-bond donors (Lipinski definition) is 2. The summed E-state index contributed by atoms with van der Waals surface area (Å²) in [5.41, 5.74) is 6.00. The fourth-order valence-corrected chi connectivity index (χ4v) is 2.90. The lowest BCUT2D eigenvalue weighted by molar-refractivity contribution is 0.400. The average molecular weight is 289 g/mol. The van der Waals surface area contributed by atoms with E-state index in [-0.39, 0.29) is 17.8 Å². The maximum atomic E-state index is 13.8. The predicted molar refractivity (Wildman–Crippen MR) is 73.9 cm³/mol. The standard InChI is InChI=1S/C12H20FN3O2S/c1-9-7-10(14)8-11(12(9)13)19(17,18)15-5-4-6-16(2)3/h7-8,15H,4-6,14H2,1-3H3. The van der Waals surface area contributed by atoms with Crippen molar-refractivity contribution in [1.29, 1.82) is 0 Å². The molecular formula is C12H20FN3O2S. The van der Waals surface area contributed by atoms with Crippen LogP contribution in [0.25, 0.3) is 0 Å². The van der Waals surface area contributed by atoms with Crippen LogP contribution >= 0.6 is 0 Å². The molecule has 0 aliphatic carbocycles. The molecule has 108 valence electrons. The van der Waals surface area contributed by atoms with Gasteiger partial charge in [-0.25, -0.2) is 17.5 Å². The molecule has 0 aliphatic heterocycles. The van der Waals surface area contributed by atoms with Gasteiger partial charge in [0.15, 0.2) is 0 Å². The zero-order chi connectivity index (χ0) is 14.6. The van der Waals surface area contributed by atoms with Gasteiger partial charge in [-0.2, -0.15) is 0 Å². The summed E-state index contributed by atoms with van der Waals surface area (Å²) in [7, 11) is -0.0609. The van der Waals surface area contributed by atoms with E-state index in [9.17, 15) is 12.8 Å². The third kappa shape index (κ3) is 4.45. The second kappa shape index (κ2) is 6.31.